The van der Waals surface area contributed by atoms with Crippen molar-refractivity contribution >= 4 is 0 Å². The number of ether oxygens (including phenoxy) is 1. The van der Waals surface area contributed by atoms with Crippen molar-refractivity contribution in [3.63, 3.8) is 0 Å². The van der Waals surface area contributed by atoms with Crippen LogP contribution in [0.25, 0.3) is 0 Å². The second kappa shape index (κ2) is 5.73. The van der Waals surface area contributed by atoms with E-state index in [2.05, 4.69) is 46.7 Å². The first-order chi connectivity index (χ1) is 10.8. The van der Waals surface area contributed by atoms with Gasteiger partial charge in [-0.2, -0.15) is 0 Å². The van der Waals surface area contributed by atoms with Gasteiger partial charge >= 0.3 is 0 Å². The topological polar surface area (TPSA) is 34.1 Å². The molecular weight excluding hydrogens is 272 g/mol. The highest BCUT2D eigenvalue weighted by Gasteiger charge is 2.42. The number of hydrogen-bond acceptors (Lipinski definition) is 3. The molecule has 1 aliphatic heterocycles. The lowest BCUT2D eigenvalue weighted by Gasteiger charge is -2.40. The number of pyridine rings is 1. The zero-order valence-corrected chi connectivity index (χ0v) is 12.8. The fourth-order valence-corrected chi connectivity index (χ4v) is 3.87. The van der Waals surface area contributed by atoms with Crippen LogP contribution in [0.1, 0.15) is 49.3 Å². The molecule has 1 aromatic heterocycles. The Labute approximate surface area is 131 Å². The molecule has 2 aliphatic rings. The summed E-state index contributed by atoms with van der Waals surface area (Å²) in [7, 11) is 0. The summed E-state index contributed by atoms with van der Waals surface area (Å²) in [5, 5.41) is 3.74. The van der Waals surface area contributed by atoms with Crippen LogP contribution in [-0.2, 0) is 6.54 Å². The van der Waals surface area contributed by atoms with Crippen molar-refractivity contribution in [3.8, 4) is 5.75 Å². The first kappa shape index (κ1) is 13.8. The van der Waals surface area contributed by atoms with Crippen molar-refractivity contribution in [2.45, 2.75) is 50.3 Å². The van der Waals surface area contributed by atoms with Crippen LogP contribution >= 0.6 is 0 Å². The number of aromatic nitrogens is 1. The van der Waals surface area contributed by atoms with Crippen molar-refractivity contribution in [1.82, 2.24) is 10.3 Å². The van der Waals surface area contributed by atoms with E-state index >= 15 is 0 Å². The van der Waals surface area contributed by atoms with Crippen molar-refractivity contribution in [2.75, 3.05) is 0 Å². The van der Waals surface area contributed by atoms with Crippen LogP contribution in [0.15, 0.2) is 48.8 Å². The lowest BCUT2D eigenvalue weighted by molar-refractivity contribution is 0.0364. The Morgan fingerprint density at radius 2 is 1.86 bits per heavy atom. The fraction of sp³-hybridized carbons (Fsp3) is 0.421. The second-order valence-electron chi connectivity index (χ2n) is 6.52. The van der Waals surface area contributed by atoms with Crippen molar-refractivity contribution in [3.05, 3.63) is 59.9 Å². The number of para-hydroxylation sites is 1. The molecule has 1 atom stereocenters. The molecule has 3 nitrogen and oxygen atoms in total. The molecule has 2 heterocycles. The fourth-order valence-electron chi connectivity index (χ4n) is 3.87. The highest BCUT2D eigenvalue weighted by atomic mass is 16.5. The maximum absolute atomic E-state index is 6.41. The van der Waals surface area contributed by atoms with Crippen molar-refractivity contribution < 1.29 is 4.74 Å². The molecule has 0 bridgehead atoms. The number of nitrogens with zero attached hydrogens (tertiary/aromatic N) is 1. The first-order valence-corrected chi connectivity index (χ1v) is 8.25. The minimum atomic E-state index is 0.0598. The number of benzene rings is 1. The summed E-state index contributed by atoms with van der Waals surface area (Å²) in [6, 6.07) is 13.0. The summed E-state index contributed by atoms with van der Waals surface area (Å²) in [5.74, 6) is 1.07. The molecule has 3 heteroatoms. The average molecular weight is 294 g/mol. The van der Waals surface area contributed by atoms with Crippen molar-refractivity contribution in [2.24, 2.45) is 0 Å². The van der Waals surface area contributed by atoms with Gasteiger partial charge in [-0.05, 0) is 49.4 Å². The maximum Gasteiger partial charge on any atom is 0.124 e. The molecule has 1 fully saturated rings. The first-order valence-electron chi connectivity index (χ1n) is 8.25. The molecule has 2 aromatic rings. The Kier molecular flexibility index (Phi) is 3.59. The minimum Gasteiger partial charge on any atom is -0.487 e. The molecule has 1 unspecified atom stereocenters. The molecule has 1 N–H and O–H groups in total. The molecule has 1 spiro atoms. The third-order valence-corrected chi connectivity index (χ3v) is 5.01. The molecule has 114 valence electrons. The smallest absolute Gasteiger partial charge is 0.124 e. The molecule has 1 saturated carbocycles. The minimum absolute atomic E-state index is 0.0598. The van der Waals surface area contributed by atoms with E-state index in [1.54, 1.807) is 0 Å². The highest BCUT2D eigenvalue weighted by molar-refractivity contribution is 5.39. The summed E-state index contributed by atoms with van der Waals surface area (Å²) in [6.07, 6.45) is 9.75. The SMILES string of the molecule is c1ccc2c(c1)OC1(CCCC1)CC2NCc1ccncc1. The molecule has 0 radical (unpaired) electrons. The van der Waals surface area contributed by atoms with Crippen LogP contribution in [-0.4, -0.2) is 10.6 Å². The van der Waals surface area contributed by atoms with Crippen LogP contribution in [0.4, 0.5) is 0 Å². The van der Waals surface area contributed by atoms with E-state index in [-0.39, 0.29) is 5.60 Å². The summed E-state index contributed by atoms with van der Waals surface area (Å²) in [5.41, 5.74) is 2.64. The molecule has 1 aliphatic carbocycles. The van der Waals surface area contributed by atoms with Gasteiger partial charge in [-0.25, -0.2) is 0 Å². The lowest BCUT2D eigenvalue weighted by atomic mass is 9.86. The molecule has 0 saturated heterocycles. The summed E-state index contributed by atoms with van der Waals surface area (Å²) in [6.45, 7) is 0.873. The van der Waals surface area contributed by atoms with Crippen molar-refractivity contribution in [1.29, 1.82) is 0 Å². The van der Waals surface area contributed by atoms with Crippen LogP contribution in [0, 0.1) is 0 Å². The maximum atomic E-state index is 6.41. The Balaban J connectivity index is 1.57. The second-order valence-corrected chi connectivity index (χ2v) is 6.52. The Hall–Kier alpha value is -1.87. The number of fused-ring (bicyclic) bond motifs is 1. The normalized spacial score (nSPS) is 22.3. The van der Waals surface area contributed by atoms with E-state index in [0.717, 1.165) is 18.7 Å². The largest absolute Gasteiger partial charge is 0.487 e. The van der Waals surface area contributed by atoms with Gasteiger partial charge in [0.1, 0.15) is 11.4 Å². The van der Waals surface area contributed by atoms with E-state index in [1.807, 2.05) is 12.4 Å². The van der Waals surface area contributed by atoms with E-state index in [9.17, 15) is 0 Å². The predicted octanol–water partition coefficient (Wildman–Crippen LogP) is 4.01. The number of rotatable bonds is 3. The van der Waals surface area contributed by atoms with Gasteiger partial charge in [-0.3, -0.25) is 4.98 Å². The standard InChI is InChI=1S/C19H22N2O/c1-2-6-18-16(5-1)17(13-19(22-18)9-3-4-10-19)21-14-15-7-11-20-12-8-15/h1-2,5-8,11-12,17,21H,3-4,9-10,13-14H2. The van der Waals surface area contributed by atoms with Crippen LogP contribution < -0.4 is 10.1 Å². The zero-order chi connectivity index (χ0) is 14.8. The average Bonchev–Trinajstić information content (AvgIpc) is 3.01. The lowest BCUT2D eigenvalue weighted by Crippen LogP contribution is -2.42. The van der Waals surface area contributed by atoms with Gasteiger partial charge in [0.15, 0.2) is 0 Å². The summed E-state index contributed by atoms with van der Waals surface area (Å²) in [4.78, 5) is 4.09. The van der Waals surface area contributed by atoms with E-state index < -0.39 is 0 Å². The van der Waals surface area contributed by atoms with E-state index in [4.69, 9.17) is 4.74 Å². The van der Waals surface area contributed by atoms with Gasteiger partial charge < -0.3 is 10.1 Å². The quantitative estimate of drug-likeness (QED) is 0.929. The third-order valence-electron chi connectivity index (χ3n) is 5.01. The monoisotopic (exact) mass is 294 g/mol. The van der Waals surface area contributed by atoms with Gasteiger partial charge in [-0.15, -0.1) is 0 Å². The zero-order valence-electron chi connectivity index (χ0n) is 12.8. The molecule has 4 rings (SSSR count). The Bertz CT molecular complexity index is 635. The third kappa shape index (κ3) is 2.61. The van der Waals surface area contributed by atoms with Gasteiger partial charge in [0.05, 0.1) is 0 Å². The van der Waals surface area contributed by atoms with Gasteiger partial charge in [0, 0.05) is 37.0 Å². The Morgan fingerprint density at radius 3 is 2.68 bits per heavy atom. The van der Waals surface area contributed by atoms with Crippen LogP contribution in [0.5, 0.6) is 5.75 Å². The predicted molar refractivity (Wildman–Crippen MR) is 86.7 cm³/mol. The summed E-state index contributed by atoms with van der Waals surface area (Å²) < 4.78 is 6.41. The molecular formula is C19H22N2O. The van der Waals surface area contributed by atoms with Gasteiger partial charge in [0.25, 0.3) is 0 Å². The molecule has 22 heavy (non-hydrogen) atoms. The van der Waals surface area contributed by atoms with Gasteiger partial charge in [-0.1, -0.05) is 18.2 Å². The summed E-state index contributed by atoms with van der Waals surface area (Å²) >= 11 is 0. The van der Waals surface area contributed by atoms with Crippen LogP contribution in [0.2, 0.25) is 0 Å². The van der Waals surface area contributed by atoms with E-state index in [1.165, 1.54) is 36.8 Å². The number of nitrogens with one attached hydrogen (secondary N) is 1. The van der Waals surface area contributed by atoms with Crippen LogP contribution in [0.3, 0.4) is 0 Å². The Morgan fingerprint density at radius 1 is 1.09 bits per heavy atom. The van der Waals surface area contributed by atoms with Gasteiger partial charge in [0.2, 0.25) is 0 Å². The van der Waals surface area contributed by atoms with E-state index in [0.29, 0.717) is 6.04 Å². The molecule has 1 aromatic carbocycles. The number of hydrogen-bond donors (Lipinski definition) is 1. The molecule has 0 amide bonds. The highest BCUT2D eigenvalue weighted by Crippen LogP contribution is 2.47.